The minimum Gasteiger partial charge on any atom is -0.467 e. The molecule has 0 aliphatic rings. The summed E-state index contributed by atoms with van der Waals surface area (Å²) >= 11 is 0. The topological polar surface area (TPSA) is 123 Å². The minimum absolute atomic E-state index is 0.0504. The third kappa shape index (κ3) is 9.11. The fourth-order valence-corrected chi connectivity index (χ4v) is 3.29. The van der Waals surface area contributed by atoms with E-state index in [0.29, 0.717) is 0 Å². The Hall–Kier alpha value is -3.88. The number of alkyl carbamates (subject to hydrolysis) is 1. The Morgan fingerprint density at radius 3 is 1.89 bits per heavy atom. The van der Waals surface area contributed by atoms with Gasteiger partial charge < -0.3 is 25.4 Å². The average Bonchev–Trinajstić information content (AvgIpc) is 2.85. The maximum atomic E-state index is 13.2. The first-order valence-electron chi connectivity index (χ1n) is 11.4. The van der Waals surface area contributed by atoms with Crippen LogP contribution in [-0.2, 0) is 36.9 Å². The summed E-state index contributed by atoms with van der Waals surface area (Å²) in [6.45, 7) is 5.07. The monoisotopic (exact) mass is 483 g/mol. The molecule has 0 aliphatic heterocycles. The molecule has 0 saturated carbocycles. The van der Waals surface area contributed by atoms with Gasteiger partial charge in [-0.15, -0.1) is 0 Å². The molecule has 2 aromatic carbocycles. The summed E-state index contributed by atoms with van der Waals surface area (Å²) in [5.74, 6) is -1.97. The molecule has 3 atom stereocenters. The van der Waals surface area contributed by atoms with Gasteiger partial charge in [-0.1, -0.05) is 74.5 Å². The van der Waals surface area contributed by atoms with Crippen molar-refractivity contribution in [3.63, 3.8) is 0 Å². The number of amides is 3. The minimum atomic E-state index is -0.993. The van der Waals surface area contributed by atoms with Crippen molar-refractivity contribution in [3.8, 4) is 0 Å². The van der Waals surface area contributed by atoms with Crippen LogP contribution in [0.15, 0.2) is 60.7 Å². The summed E-state index contributed by atoms with van der Waals surface area (Å²) in [6, 6.07) is 15.5. The lowest BCUT2D eigenvalue weighted by Gasteiger charge is -2.26. The second kappa shape index (κ2) is 13.7. The van der Waals surface area contributed by atoms with Crippen molar-refractivity contribution < 1.29 is 28.7 Å². The molecule has 0 heterocycles. The summed E-state index contributed by atoms with van der Waals surface area (Å²) in [6.07, 6.45) is -0.562. The number of methoxy groups -OCH3 is 1. The van der Waals surface area contributed by atoms with E-state index in [1.54, 1.807) is 13.8 Å². The predicted octanol–water partition coefficient (Wildman–Crippen LogP) is 2.34. The highest BCUT2D eigenvalue weighted by atomic mass is 16.5. The van der Waals surface area contributed by atoms with Crippen molar-refractivity contribution >= 4 is 23.9 Å². The summed E-state index contributed by atoms with van der Waals surface area (Å²) in [5.41, 5.74) is 1.63. The molecular formula is C26H33N3O6. The van der Waals surface area contributed by atoms with Gasteiger partial charge in [0.2, 0.25) is 11.8 Å². The Labute approximate surface area is 205 Å². The molecule has 0 radical (unpaired) electrons. The van der Waals surface area contributed by atoms with Gasteiger partial charge in [-0.25, -0.2) is 9.59 Å². The van der Waals surface area contributed by atoms with E-state index in [1.165, 1.54) is 14.0 Å². The van der Waals surface area contributed by atoms with Gasteiger partial charge in [0.05, 0.1) is 7.11 Å². The number of carbonyl (C=O) groups excluding carboxylic acids is 4. The van der Waals surface area contributed by atoms with E-state index in [-0.39, 0.29) is 18.9 Å². The summed E-state index contributed by atoms with van der Waals surface area (Å²) in [4.78, 5) is 50.1. The Morgan fingerprint density at radius 2 is 1.34 bits per heavy atom. The van der Waals surface area contributed by atoms with E-state index in [4.69, 9.17) is 4.74 Å². The van der Waals surface area contributed by atoms with E-state index in [1.807, 2.05) is 60.7 Å². The molecule has 2 aromatic rings. The van der Waals surface area contributed by atoms with Gasteiger partial charge in [0, 0.05) is 6.42 Å². The number of nitrogens with one attached hydrogen (secondary N) is 3. The highest BCUT2D eigenvalue weighted by Crippen LogP contribution is 2.08. The molecule has 0 spiro atoms. The molecule has 35 heavy (non-hydrogen) atoms. The Balaban J connectivity index is 2.10. The second-order valence-corrected chi connectivity index (χ2v) is 8.43. The van der Waals surface area contributed by atoms with Gasteiger partial charge in [-0.3, -0.25) is 9.59 Å². The van der Waals surface area contributed by atoms with Crippen LogP contribution in [-0.4, -0.2) is 49.1 Å². The molecule has 0 fully saturated rings. The summed E-state index contributed by atoms with van der Waals surface area (Å²) in [5, 5.41) is 7.86. The predicted molar refractivity (Wildman–Crippen MR) is 130 cm³/mol. The van der Waals surface area contributed by atoms with Crippen LogP contribution in [0, 0.1) is 5.92 Å². The van der Waals surface area contributed by atoms with E-state index < -0.39 is 42.0 Å². The third-order valence-corrected chi connectivity index (χ3v) is 5.26. The number of rotatable bonds is 11. The molecule has 0 saturated heterocycles. The highest BCUT2D eigenvalue weighted by molar-refractivity contribution is 5.93. The normalized spacial score (nSPS) is 13.2. The summed E-state index contributed by atoms with van der Waals surface area (Å²) in [7, 11) is 1.23. The number of benzene rings is 2. The molecule has 9 nitrogen and oxygen atoms in total. The van der Waals surface area contributed by atoms with Crippen molar-refractivity contribution in [1.82, 2.24) is 16.0 Å². The van der Waals surface area contributed by atoms with Crippen molar-refractivity contribution in [1.29, 1.82) is 0 Å². The molecule has 0 unspecified atom stereocenters. The fourth-order valence-electron chi connectivity index (χ4n) is 3.29. The zero-order chi connectivity index (χ0) is 25.8. The number of esters is 1. The average molecular weight is 484 g/mol. The molecular weight excluding hydrogens is 450 g/mol. The quantitative estimate of drug-likeness (QED) is 0.422. The molecule has 3 N–H and O–H groups in total. The van der Waals surface area contributed by atoms with E-state index in [2.05, 4.69) is 20.7 Å². The molecule has 0 aliphatic carbocycles. The van der Waals surface area contributed by atoms with Crippen molar-refractivity contribution in [2.75, 3.05) is 7.11 Å². The van der Waals surface area contributed by atoms with Gasteiger partial charge >= 0.3 is 12.1 Å². The number of ether oxygens (including phenoxy) is 2. The van der Waals surface area contributed by atoms with Crippen LogP contribution >= 0.6 is 0 Å². The smallest absolute Gasteiger partial charge is 0.408 e. The number of carbonyl (C=O) groups is 4. The highest BCUT2D eigenvalue weighted by Gasteiger charge is 2.30. The first kappa shape index (κ1) is 27.4. The Kier molecular flexibility index (Phi) is 10.7. The van der Waals surface area contributed by atoms with E-state index >= 15 is 0 Å². The fraction of sp³-hybridized carbons (Fsp3) is 0.385. The Morgan fingerprint density at radius 1 is 0.771 bits per heavy atom. The van der Waals surface area contributed by atoms with Crippen molar-refractivity contribution in [2.45, 2.75) is 51.9 Å². The van der Waals surface area contributed by atoms with Crippen LogP contribution in [0.2, 0.25) is 0 Å². The Bertz CT molecular complexity index is 981. The standard InChI is InChI=1S/C26H33N3O6/c1-17(2)22(24(31)27-18(3)25(32)34-4)29-23(30)21(15-19-11-7-5-8-12-19)28-26(33)35-16-20-13-9-6-10-14-20/h5-14,17-18,21-22H,15-16H2,1-4H3,(H,27,31)(H,28,33)(H,29,30)/t18-,21-,22-/m0/s1. The molecule has 9 heteroatoms. The van der Waals surface area contributed by atoms with Crippen molar-refractivity contribution in [3.05, 3.63) is 71.8 Å². The number of hydrogen-bond acceptors (Lipinski definition) is 6. The second-order valence-electron chi connectivity index (χ2n) is 8.43. The van der Waals surface area contributed by atoms with Gasteiger partial charge in [0.25, 0.3) is 0 Å². The van der Waals surface area contributed by atoms with Crippen LogP contribution < -0.4 is 16.0 Å². The van der Waals surface area contributed by atoms with Crippen LogP contribution in [0.1, 0.15) is 31.9 Å². The van der Waals surface area contributed by atoms with Crippen LogP contribution in [0.4, 0.5) is 4.79 Å². The van der Waals surface area contributed by atoms with Crippen LogP contribution in [0.5, 0.6) is 0 Å². The molecule has 188 valence electrons. The zero-order valence-corrected chi connectivity index (χ0v) is 20.4. The van der Waals surface area contributed by atoms with Gasteiger partial charge in [0.15, 0.2) is 0 Å². The van der Waals surface area contributed by atoms with Gasteiger partial charge in [-0.05, 0) is 24.0 Å². The van der Waals surface area contributed by atoms with Crippen molar-refractivity contribution in [2.24, 2.45) is 5.92 Å². The van der Waals surface area contributed by atoms with Crippen LogP contribution in [0.3, 0.4) is 0 Å². The molecule has 2 rings (SSSR count). The van der Waals surface area contributed by atoms with Gasteiger partial charge in [0.1, 0.15) is 24.7 Å². The first-order chi connectivity index (χ1) is 16.7. The maximum absolute atomic E-state index is 13.2. The first-order valence-corrected chi connectivity index (χ1v) is 11.4. The lowest BCUT2D eigenvalue weighted by molar-refractivity contribution is -0.145. The number of hydrogen-bond donors (Lipinski definition) is 3. The lowest BCUT2D eigenvalue weighted by Crippen LogP contribution is -2.57. The lowest BCUT2D eigenvalue weighted by atomic mass is 10.0. The molecule has 3 amide bonds. The maximum Gasteiger partial charge on any atom is 0.408 e. The zero-order valence-electron chi connectivity index (χ0n) is 20.4. The van der Waals surface area contributed by atoms with E-state index in [0.717, 1.165) is 11.1 Å². The SMILES string of the molecule is COC(=O)[C@H](C)NC(=O)[C@@H](NC(=O)[C@H](Cc1ccccc1)NC(=O)OCc1ccccc1)C(C)C. The molecule has 0 aromatic heterocycles. The van der Waals surface area contributed by atoms with E-state index in [9.17, 15) is 19.2 Å². The molecule has 0 bridgehead atoms. The third-order valence-electron chi connectivity index (χ3n) is 5.26. The van der Waals surface area contributed by atoms with Gasteiger partial charge in [-0.2, -0.15) is 0 Å². The van der Waals surface area contributed by atoms with Crippen LogP contribution in [0.25, 0.3) is 0 Å². The largest absolute Gasteiger partial charge is 0.467 e. The summed E-state index contributed by atoms with van der Waals surface area (Å²) < 4.78 is 9.91.